The molecule has 0 saturated heterocycles. The molecule has 0 unspecified atom stereocenters. The maximum atomic E-state index is 6.13. The molecule has 0 aliphatic heterocycles. The molecule has 1 atom stereocenters. The van der Waals surface area contributed by atoms with Crippen molar-refractivity contribution in [3.8, 4) is 5.75 Å². The molecule has 19 heavy (non-hydrogen) atoms. The number of benzene rings is 1. The highest BCUT2D eigenvalue weighted by Gasteiger charge is 2.17. The highest BCUT2D eigenvalue weighted by atomic mass is 16.5. The normalized spacial score (nSPS) is 18.1. The summed E-state index contributed by atoms with van der Waals surface area (Å²) < 4.78 is 15.9. The zero-order chi connectivity index (χ0) is 13.5. The van der Waals surface area contributed by atoms with Crippen molar-refractivity contribution >= 4 is 0 Å². The SMILES string of the molecule is COCCOCCOc1ccc2c(c1)[C@H](N)CCC2. The number of hydrogen-bond donors (Lipinski definition) is 1. The third-order valence-electron chi connectivity index (χ3n) is 3.41. The van der Waals surface area contributed by atoms with Crippen LogP contribution in [0.3, 0.4) is 0 Å². The molecule has 0 aromatic heterocycles. The van der Waals surface area contributed by atoms with Gasteiger partial charge in [0.05, 0.1) is 19.8 Å². The smallest absolute Gasteiger partial charge is 0.119 e. The van der Waals surface area contributed by atoms with Crippen molar-refractivity contribution in [2.45, 2.75) is 25.3 Å². The fraction of sp³-hybridized carbons (Fsp3) is 0.600. The van der Waals surface area contributed by atoms with Crippen molar-refractivity contribution in [3.63, 3.8) is 0 Å². The fourth-order valence-electron chi connectivity index (χ4n) is 2.37. The van der Waals surface area contributed by atoms with E-state index in [-0.39, 0.29) is 6.04 Å². The average Bonchev–Trinajstić information content (AvgIpc) is 2.43. The maximum absolute atomic E-state index is 6.13. The number of fused-ring (bicyclic) bond motifs is 1. The Labute approximate surface area is 114 Å². The molecule has 106 valence electrons. The average molecular weight is 265 g/mol. The summed E-state index contributed by atoms with van der Waals surface area (Å²) >= 11 is 0. The zero-order valence-electron chi connectivity index (χ0n) is 11.6. The molecule has 4 nitrogen and oxygen atoms in total. The molecule has 1 aliphatic rings. The van der Waals surface area contributed by atoms with Crippen LogP contribution in [0, 0.1) is 0 Å². The van der Waals surface area contributed by atoms with E-state index in [1.165, 1.54) is 17.5 Å². The summed E-state index contributed by atoms with van der Waals surface area (Å²) in [5.41, 5.74) is 8.73. The van der Waals surface area contributed by atoms with E-state index in [1.54, 1.807) is 7.11 Å². The fourth-order valence-corrected chi connectivity index (χ4v) is 2.37. The number of methoxy groups -OCH3 is 1. The van der Waals surface area contributed by atoms with Crippen molar-refractivity contribution < 1.29 is 14.2 Å². The maximum Gasteiger partial charge on any atom is 0.119 e. The first-order valence-electron chi connectivity index (χ1n) is 6.89. The molecule has 1 aliphatic carbocycles. The van der Waals surface area contributed by atoms with E-state index in [2.05, 4.69) is 12.1 Å². The summed E-state index contributed by atoms with van der Waals surface area (Å²) in [5, 5.41) is 0. The van der Waals surface area contributed by atoms with Crippen molar-refractivity contribution in [2.75, 3.05) is 33.5 Å². The Morgan fingerprint density at radius 1 is 1.21 bits per heavy atom. The number of hydrogen-bond acceptors (Lipinski definition) is 4. The van der Waals surface area contributed by atoms with Crippen LogP contribution in [0.15, 0.2) is 18.2 Å². The van der Waals surface area contributed by atoms with Gasteiger partial charge in [-0.05, 0) is 42.5 Å². The molecule has 1 aromatic rings. The summed E-state index contributed by atoms with van der Waals surface area (Å²) in [5.74, 6) is 0.881. The summed E-state index contributed by atoms with van der Waals surface area (Å²) in [6.07, 6.45) is 3.38. The standard InChI is InChI=1S/C15H23NO3/c1-17-7-8-18-9-10-19-13-6-5-12-3-2-4-15(16)14(12)11-13/h5-6,11,15H,2-4,7-10,16H2,1H3/t15-/m1/s1. The second-order valence-electron chi connectivity index (χ2n) is 4.81. The van der Waals surface area contributed by atoms with Crippen molar-refractivity contribution in [3.05, 3.63) is 29.3 Å². The Balaban J connectivity index is 1.79. The number of rotatable bonds is 7. The largest absolute Gasteiger partial charge is 0.491 e. The van der Waals surface area contributed by atoms with Gasteiger partial charge >= 0.3 is 0 Å². The van der Waals surface area contributed by atoms with Crippen LogP contribution in [0.25, 0.3) is 0 Å². The molecule has 2 N–H and O–H groups in total. The van der Waals surface area contributed by atoms with Gasteiger partial charge < -0.3 is 19.9 Å². The predicted octanol–water partition coefficient (Wildman–Crippen LogP) is 2.06. The van der Waals surface area contributed by atoms with E-state index in [9.17, 15) is 0 Å². The number of nitrogens with two attached hydrogens (primary N) is 1. The molecule has 0 radical (unpaired) electrons. The third kappa shape index (κ3) is 4.20. The van der Waals surface area contributed by atoms with Gasteiger partial charge in [-0.3, -0.25) is 0 Å². The lowest BCUT2D eigenvalue weighted by atomic mass is 9.88. The van der Waals surface area contributed by atoms with Crippen molar-refractivity contribution in [1.82, 2.24) is 0 Å². The minimum Gasteiger partial charge on any atom is -0.491 e. The highest BCUT2D eigenvalue weighted by Crippen LogP contribution is 2.30. The molecule has 0 fully saturated rings. The van der Waals surface area contributed by atoms with Gasteiger partial charge in [0, 0.05) is 13.2 Å². The quantitative estimate of drug-likeness (QED) is 0.767. The first kappa shape index (κ1) is 14.3. The second kappa shape index (κ2) is 7.48. The predicted molar refractivity (Wildman–Crippen MR) is 74.5 cm³/mol. The molecule has 2 rings (SSSR count). The first-order valence-corrected chi connectivity index (χ1v) is 6.89. The summed E-state index contributed by atoms with van der Waals surface area (Å²) in [4.78, 5) is 0. The molecule has 1 aromatic carbocycles. The number of ether oxygens (including phenoxy) is 3. The minimum atomic E-state index is 0.158. The monoisotopic (exact) mass is 265 g/mol. The summed E-state index contributed by atoms with van der Waals surface area (Å²) in [7, 11) is 1.66. The van der Waals surface area contributed by atoms with E-state index in [1.807, 2.05) is 6.07 Å². The topological polar surface area (TPSA) is 53.7 Å². The van der Waals surface area contributed by atoms with Gasteiger partial charge in [-0.15, -0.1) is 0 Å². The van der Waals surface area contributed by atoms with Crippen LogP contribution >= 0.6 is 0 Å². The molecule has 0 saturated carbocycles. The molecule has 0 spiro atoms. The molecular formula is C15H23NO3. The lowest BCUT2D eigenvalue weighted by Crippen LogP contribution is -2.17. The van der Waals surface area contributed by atoms with Gasteiger partial charge in [0.15, 0.2) is 0 Å². The van der Waals surface area contributed by atoms with Crippen LogP contribution in [0.2, 0.25) is 0 Å². The van der Waals surface area contributed by atoms with Crippen LogP contribution in [-0.4, -0.2) is 33.5 Å². The molecule has 0 bridgehead atoms. The van der Waals surface area contributed by atoms with Gasteiger partial charge in [-0.2, -0.15) is 0 Å². The number of aryl methyl sites for hydroxylation is 1. The molecule has 0 heterocycles. The molecule has 4 heteroatoms. The van der Waals surface area contributed by atoms with Gasteiger partial charge in [0.1, 0.15) is 12.4 Å². The van der Waals surface area contributed by atoms with E-state index in [0.29, 0.717) is 26.4 Å². The Bertz CT molecular complexity index is 395. The Kier molecular flexibility index (Phi) is 5.63. The molecule has 0 amide bonds. The highest BCUT2D eigenvalue weighted by molar-refractivity contribution is 5.39. The van der Waals surface area contributed by atoms with E-state index in [0.717, 1.165) is 18.6 Å². The minimum absolute atomic E-state index is 0.158. The second-order valence-corrected chi connectivity index (χ2v) is 4.81. The van der Waals surface area contributed by atoms with Crippen LogP contribution in [0.4, 0.5) is 0 Å². The van der Waals surface area contributed by atoms with Crippen molar-refractivity contribution in [2.24, 2.45) is 5.73 Å². The Hall–Kier alpha value is -1.10. The zero-order valence-corrected chi connectivity index (χ0v) is 11.6. The van der Waals surface area contributed by atoms with Gasteiger partial charge in [0.2, 0.25) is 0 Å². The van der Waals surface area contributed by atoms with Gasteiger partial charge in [0.25, 0.3) is 0 Å². The van der Waals surface area contributed by atoms with Crippen LogP contribution < -0.4 is 10.5 Å². The van der Waals surface area contributed by atoms with E-state index >= 15 is 0 Å². The summed E-state index contributed by atoms with van der Waals surface area (Å²) in [6, 6.07) is 6.39. The van der Waals surface area contributed by atoms with Gasteiger partial charge in [-0.1, -0.05) is 6.07 Å². The summed E-state index contributed by atoms with van der Waals surface area (Å²) in [6.45, 7) is 2.35. The van der Waals surface area contributed by atoms with Crippen molar-refractivity contribution in [1.29, 1.82) is 0 Å². The van der Waals surface area contributed by atoms with Crippen LogP contribution in [0.5, 0.6) is 5.75 Å². The van der Waals surface area contributed by atoms with Gasteiger partial charge in [-0.25, -0.2) is 0 Å². The molecular weight excluding hydrogens is 242 g/mol. The van der Waals surface area contributed by atoms with E-state index < -0.39 is 0 Å². The Morgan fingerprint density at radius 2 is 2.05 bits per heavy atom. The van der Waals surface area contributed by atoms with E-state index in [4.69, 9.17) is 19.9 Å². The lowest BCUT2D eigenvalue weighted by Gasteiger charge is -2.22. The lowest BCUT2D eigenvalue weighted by molar-refractivity contribution is 0.0544. The van der Waals surface area contributed by atoms with Crippen LogP contribution in [0.1, 0.15) is 30.0 Å². The Morgan fingerprint density at radius 3 is 2.89 bits per heavy atom. The van der Waals surface area contributed by atoms with Crippen LogP contribution in [-0.2, 0) is 15.9 Å². The third-order valence-corrected chi connectivity index (χ3v) is 3.41. The first-order chi connectivity index (χ1) is 9.31.